The summed E-state index contributed by atoms with van der Waals surface area (Å²) in [6.45, 7) is 1.96. The van der Waals surface area contributed by atoms with E-state index < -0.39 is 0 Å². The predicted molar refractivity (Wildman–Crippen MR) is 72.1 cm³/mol. The van der Waals surface area contributed by atoms with Crippen LogP contribution in [-0.2, 0) is 9.59 Å². The molecule has 0 aromatic heterocycles. The van der Waals surface area contributed by atoms with E-state index in [1.54, 1.807) is 19.0 Å². The molecule has 0 aliphatic heterocycles. The van der Waals surface area contributed by atoms with Crippen LogP contribution in [-0.4, -0.2) is 36.9 Å². The van der Waals surface area contributed by atoms with Crippen molar-refractivity contribution in [2.45, 2.75) is 57.9 Å². The third kappa shape index (κ3) is 5.52. The van der Waals surface area contributed by atoms with Gasteiger partial charge >= 0.3 is 0 Å². The lowest BCUT2D eigenvalue weighted by Crippen LogP contribution is -2.37. The molecule has 1 atom stereocenters. The Kier molecular flexibility index (Phi) is 6.16. The Morgan fingerprint density at radius 2 is 1.78 bits per heavy atom. The van der Waals surface area contributed by atoms with Crippen molar-refractivity contribution in [3.63, 3.8) is 0 Å². The van der Waals surface area contributed by atoms with E-state index in [0.717, 1.165) is 12.8 Å². The summed E-state index contributed by atoms with van der Waals surface area (Å²) < 4.78 is 0. The van der Waals surface area contributed by atoms with Crippen LogP contribution in [0, 0.1) is 5.92 Å². The van der Waals surface area contributed by atoms with Crippen LogP contribution in [0.4, 0.5) is 0 Å². The molecule has 0 bridgehead atoms. The number of nitrogens with one attached hydrogen (secondary N) is 1. The first-order valence-corrected chi connectivity index (χ1v) is 6.98. The second-order valence-electron chi connectivity index (χ2n) is 5.70. The van der Waals surface area contributed by atoms with Gasteiger partial charge in [0.15, 0.2) is 0 Å². The number of nitrogens with zero attached hydrogens (tertiary/aromatic N) is 1. The fourth-order valence-corrected chi connectivity index (χ4v) is 2.40. The molecule has 1 rings (SSSR count). The Bertz CT molecular complexity index is 284. The minimum atomic E-state index is 0.0907. The zero-order valence-electron chi connectivity index (χ0n) is 11.9. The van der Waals surface area contributed by atoms with Crippen molar-refractivity contribution in [1.29, 1.82) is 0 Å². The minimum absolute atomic E-state index is 0.0907. The topological polar surface area (TPSA) is 49.4 Å². The standard InChI is InChI=1S/C14H26N2O2/c1-11(10-14(18)16(2)3)9-13(17)15-12-7-5-4-6-8-12/h11-12H,4-10H2,1-3H3,(H,15,17). The van der Waals surface area contributed by atoms with Crippen LogP contribution in [0.5, 0.6) is 0 Å². The SMILES string of the molecule is CC(CC(=O)NC1CCCCC1)CC(=O)N(C)C. The molecule has 0 aromatic carbocycles. The van der Waals surface area contributed by atoms with Gasteiger partial charge in [-0.1, -0.05) is 26.2 Å². The third-order valence-corrected chi connectivity index (χ3v) is 3.53. The molecule has 2 amide bonds. The molecule has 1 unspecified atom stereocenters. The van der Waals surface area contributed by atoms with Crippen LogP contribution >= 0.6 is 0 Å². The Morgan fingerprint density at radius 3 is 2.33 bits per heavy atom. The van der Waals surface area contributed by atoms with Crippen molar-refractivity contribution in [3.8, 4) is 0 Å². The average molecular weight is 254 g/mol. The summed E-state index contributed by atoms with van der Waals surface area (Å²) >= 11 is 0. The van der Waals surface area contributed by atoms with Gasteiger partial charge in [-0.15, -0.1) is 0 Å². The van der Waals surface area contributed by atoms with Gasteiger partial charge in [0.05, 0.1) is 0 Å². The molecule has 104 valence electrons. The highest BCUT2D eigenvalue weighted by Gasteiger charge is 2.18. The fraction of sp³-hybridized carbons (Fsp3) is 0.857. The molecule has 1 aliphatic carbocycles. The smallest absolute Gasteiger partial charge is 0.222 e. The quantitative estimate of drug-likeness (QED) is 0.815. The average Bonchev–Trinajstić information content (AvgIpc) is 2.29. The van der Waals surface area contributed by atoms with Gasteiger partial charge < -0.3 is 10.2 Å². The zero-order valence-corrected chi connectivity index (χ0v) is 11.9. The first-order valence-electron chi connectivity index (χ1n) is 6.98. The van der Waals surface area contributed by atoms with Gasteiger partial charge in [-0.3, -0.25) is 9.59 Å². The Hall–Kier alpha value is -1.06. The Balaban J connectivity index is 2.24. The lowest BCUT2D eigenvalue weighted by molar-refractivity contribution is -0.130. The van der Waals surface area contributed by atoms with Gasteiger partial charge in [0.2, 0.25) is 11.8 Å². The molecule has 4 heteroatoms. The highest BCUT2D eigenvalue weighted by molar-refractivity contribution is 5.79. The number of rotatable bonds is 5. The molecule has 0 radical (unpaired) electrons. The van der Waals surface area contributed by atoms with E-state index in [0.29, 0.717) is 18.9 Å². The van der Waals surface area contributed by atoms with Crippen molar-refractivity contribution in [1.82, 2.24) is 10.2 Å². The lowest BCUT2D eigenvalue weighted by Gasteiger charge is -2.23. The maximum absolute atomic E-state index is 11.8. The first-order chi connectivity index (χ1) is 8.49. The van der Waals surface area contributed by atoms with E-state index in [1.807, 2.05) is 6.92 Å². The summed E-state index contributed by atoms with van der Waals surface area (Å²) in [4.78, 5) is 24.9. The van der Waals surface area contributed by atoms with E-state index in [4.69, 9.17) is 0 Å². The minimum Gasteiger partial charge on any atom is -0.353 e. The van der Waals surface area contributed by atoms with Gasteiger partial charge in [0.25, 0.3) is 0 Å². The second-order valence-corrected chi connectivity index (χ2v) is 5.70. The van der Waals surface area contributed by atoms with Crippen LogP contribution in [0.1, 0.15) is 51.9 Å². The Morgan fingerprint density at radius 1 is 1.17 bits per heavy atom. The van der Waals surface area contributed by atoms with E-state index in [-0.39, 0.29) is 17.7 Å². The van der Waals surface area contributed by atoms with Gasteiger partial charge in [-0.05, 0) is 18.8 Å². The molecular formula is C14H26N2O2. The monoisotopic (exact) mass is 254 g/mol. The molecule has 18 heavy (non-hydrogen) atoms. The highest BCUT2D eigenvalue weighted by atomic mass is 16.2. The molecule has 0 spiro atoms. The van der Waals surface area contributed by atoms with Crippen molar-refractivity contribution in [3.05, 3.63) is 0 Å². The van der Waals surface area contributed by atoms with E-state index in [1.165, 1.54) is 19.3 Å². The Labute approximate surface area is 110 Å². The molecular weight excluding hydrogens is 228 g/mol. The van der Waals surface area contributed by atoms with E-state index in [9.17, 15) is 9.59 Å². The van der Waals surface area contributed by atoms with Crippen LogP contribution in [0.25, 0.3) is 0 Å². The van der Waals surface area contributed by atoms with Crippen LogP contribution in [0.3, 0.4) is 0 Å². The van der Waals surface area contributed by atoms with Crippen molar-refractivity contribution in [2.24, 2.45) is 5.92 Å². The molecule has 0 heterocycles. The first kappa shape index (κ1) is 15.0. The summed E-state index contributed by atoms with van der Waals surface area (Å²) in [5.41, 5.74) is 0. The summed E-state index contributed by atoms with van der Waals surface area (Å²) in [6, 6.07) is 0.364. The number of carbonyl (C=O) groups excluding carboxylic acids is 2. The molecule has 0 aromatic rings. The lowest BCUT2D eigenvalue weighted by atomic mass is 9.95. The molecule has 1 saturated carbocycles. The number of carbonyl (C=O) groups is 2. The normalized spacial score (nSPS) is 18.2. The molecule has 1 N–H and O–H groups in total. The van der Waals surface area contributed by atoms with E-state index in [2.05, 4.69) is 5.32 Å². The van der Waals surface area contributed by atoms with Gasteiger partial charge in [-0.2, -0.15) is 0 Å². The van der Waals surface area contributed by atoms with E-state index >= 15 is 0 Å². The van der Waals surface area contributed by atoms with Crippen molar-refractivity contribution < 1.29 is 9.59 Å². The fourth-order valence-electron chi connectivity index (χ4n) is 2.40. The number of hydrogen-bond acceptors (Lipinski definition) is 2. The van der Waals surface area contributed by atoms with Crippen LogP contribution < -0.4 is 5.32 Å². The highest BCUT2D eigenvalue weighted by Crippen LogP contribution is 2.18. The van der Waals surface area contributed by atoms with Gasteiger partial charge in [0.1, 0.15) is 0 Å². The molecule has 1 fully saturated rings. The molecule has 4 nitrogen and oxygen atoms in total. The van der Waals surface area contributed by atoms with Crippen LogP contribution in [0.2, 0.25) is 0 Å². The maximum Gasteiger partial charge on any atom is 0.222 e. The predicted octanol–water partition coefficient (Wildman–Crippen LogP) is 1.94. The largest absolute Gasteiger partial charge is 0.353 e. The summed E-state index contributed by atoms with van der Waals surface area (Å²) in [5, 5.41) is 3.09. The molecule has 1 aliphatic rings. The number of hydrogen-bond donors (Lipinski definition) is 1. The summed E-state index contributed by atoms with van der Waals surface area (Å²) in [6.07, 6.45) is 6.86. The third-order valence-electron chi connectivity index (χ3n) is 3.53. The van der Waals surface area contributed by atoms with Gasteiger partial charge in [-0.25, -0.2) is 0 Å². The maximum atomic E-state index is 11.8. The second kappa shape index (κ2) is 7.39. The van der Waals surface area contributed by atoms with Gasteiger partial charge in [0, 0.05) is 33.0 Å². The summed E-state index contributed by atoms with van der Waals surface area (Å²) in [7, 11) is 3.49. The molecule has 0 saturated heterocycles. The zero-order chi connectivity index (χ0) is 13.5. The van der Waals surface area contributed by atoms with Crippen molar-refractivity contribution in [2.75, 3.05) is 14.1 Å². The van der Waals surface area contributed by atoms with Crippen LogP contribution in [0.15, 0.2) is 0 Å². The number of amides is 2. The summed E-state index contributed by atoms with van der Waals surface area (Å²) in [5.74, 6) is 0.303. The van der Waals surface area contributed by atoms with Crippen molar-refractivity contribution >= 4 is 11.8 Å².